The fraction of sp³-hybridized carbons (Fsp3) is 0.462. The number of hydrogen-bond acceptors (Lipinski definition) is 4. The first-order valence-electron chi connectivity index (χ1n) is 11.4. The summed E-state index contributed by atoms with van der Waals surface area (Å²) in [4.78, 5) is 4.59. The van der Waals surface area contributed by atoms with Crippen molar-refractivity contribution in [2.45, 2.75) is 45.8 Å². The highest BCUT2D eigenvalue weighted by Crippen LogP contribution is 2.23. The zero-order valence-corrected chi connectivity index (χ0v) is 19.4. The van der Waals surface area contributed by atoms with Crippen molar-refractivity contribution in [3.8, 4) is 5.75 Å². The number of nitrogens with one attached hydrogen (secondary N) is 1. The summed E-state index contributed by atoms with van der Waals surface area (Å²) in [7, 11) is 2.14. The Morgan fingerprint density at radius 3 is 2.41 bits per heavy atom. The highest BCUT2D eigenvalue weighted by Gasteiger charge is 2.24. The molecular formula is C26H35F2N3O. The minimum absolute atomic E-state index is 0.237. The minimum atomic E-state index is -0.353. The Balaban J connectivity index is 1.65. The van der Waals surface area contributed by atoms with Gasteiger partial charge in [0.25, 0.3) is 0 Å². The van der Waals surface area contributed by atoms with Crippen LogP contribution in [0.3, 0.4) is 0 Å². The van der Waals surface area contributed by atoms with Crippen LogP contribution in [-0.4, -0.2) is 42.6 Å². The summed E-state index contributed by atoms with van der Waals surface area (Å²) in [6, 6.07) is 12.0. The maximum absolute atomic E-state index is 14.4. The molecule has 1 saturated heterocycles. The van der Waals surface area contributed by atoms with Gasteiger partial charge in [0, 0.05) is 19.1 Å². The van der Waals surface area contributed by atoms with Crippen molar-refractivity contribution in [1.82, 2.24) is 15.1 Å². The van der Waals surface area contributed by atoms with Crippen molar-refractivity contribution in [3.63, 3.8) is 0 Å². The van der Waals surface area contributed by atoms with E-state index in [-0.39, 0.29) is 17.4 Å². The second kappa shape index (κ2) is 11.3. The average molecular weight is 444 g/mol. The molecule has 0 spiro atoms. The van der Waals surface area contributed by atoms with E-state index in [4.69, 9.17) is 4.74 Å². The van der Waals surface area contributed by atoms with Crippen LogP contribution in [0.1, 0.15) is 37.8 Å². The largest absolute Gasteiger partial charge is 0.490 e. The second-order valence-electron chi connectivity index (χ2n) is 9.06. The molecule has 0 atom stereocenters. The number of halogens is 2. The van der Waals surface area contributed by atoms with Crippen LogP contribution in [0.5, 0.6) is 5.75 Å². The topological polar surface area (TPSA) is 27.7 Å². The number of hydrogen-bond donors (Lipinski definition) is 1. The van der Waals surface area contributed by atoms with Crippen molar-refractivity contribution in [1.29, 1.82) is 0 Å². The van der Waals surface area contributed by atoms with Gasteiger partial charge >= 0.3 is 0 Å². The number of nitrogens with zero attached hydrogens (tertiary/aromatic N) is 2. The lowest BCUT2D eigenvalue weighted by Crippen LogP contribution is -2.45. The van der Waals surface area contributed by atoms with Gasteiger partial charge in [-0.3, -0.25) is 0 Å². The van der Waals surface area contributed by atoms with Crippen molar-refractivity contribution in [2.75, 3.05) is 26.7 Å². The van der Waals surface area contributed by atoms with Crippen LogP contribution >= 0.6 is 0 Å². The Labute approximate surface area is 190 Å². The molecular weight excluding hydrogens is 408 g/mol. The molecule has 1 heterocycles. The van der Waals surface area contributed by atoms with Gasteiger partial charge in [-0.05, 0) is 74.3 Å². The molecule has 174 valence electrons. The van der Waals surface area contributed by atoms with Crippen LogP contribution < -0.4 is 10.1 Å². The van der Waals surface area contributed by atoms with Gasteiger partial charge in [0.15, 0.2) is 11.6 Å². The number of benzene rings is 2. The average Bonchev–Trinajstić information content (AvgIpc) is 2.77. The van der Waals surface area contributed by atoms with Crippen LogP contribution in [0, 0.1) is 17.6 Å². The van der Waals surface area contributed by atoms with Crippen molar-refractivity contribution in [2.24, 2.45) is 5.92 Å². The molecule has 0 radical (unpaired) electrons. The van der Waals surface area contributed by atoms with Gasteiger partial charge in [0.1, 0.15) is 5.82 Å². The van der Waals surface area contributed by atoms with Crippen molar-refractivity contribution < 1.29 is 13.5 Å². The first-order chi connectivity index (χ1) is 15.3. The van der Waals surface area contributed by atoms with E-state index in [1.54, 1.807) is 6.07 Å². The first kappa shape index (κ1) is 24.1. The highest BCUT2D eigenvalue weighted by atomic mass is 19.1. The van der Waals surface area contributed by atoms with Crippen molar-refractivity contribution in [3.05, 3.63) is 77.6 Å². The molecule has 2 aromatic carbocycles. The maximum atomic E-state index is 14.4. The van der Waals surface area contributed by atoms with E-state index in [2.05, 4.69) is 28.7 Å². The molecule has 6 heteroatoms. The molecule has 3 rings (SSSR count). The lowest BCUT2D eigenvalue weighted by Gasteiger charge is -2.40. The summed E-state index contributed by atoms with van der Waals surface area (Å²) in [6.45, 7) is 12.0. The van der Waals surface area contributed by atoms with Gasteiger partial charge < -0.3 is 19.9 Å². The predicted octanol–water partition coefficient (Wildman–Crippen LogP) is 5.16. The van der Waals surface area contributed by atoms with E-state index >= 15 is 0 Å². The zero-order valence-electron chi connectivity index (χ0n) is 19.4. The number of rotatable bonds is 10. The Morgan fingerprint density at radius 2 is 1.78 bits per heavy atom. The molecule has 0 saturated carbocycles. The maximum Gasteiger partial charge on any atom is 0.165 e. The zero-order chi connectivity index (χ0) is 23.1. The fourth-order valence-corrected chi connectivity index (χ4v) is 3.87. The molecule has 1 aliphatic heterocycles. The van der Waals surface area contributed by atoms with Crippen LogP contribution in [0.2, 0.25) is 0 Å². The SMILES string of the molecule is C=C(NCc1ccc(OCC(C)C)c(F)c1)N(Cc1ccc(F)cc1)C1CCN(C)CC1. The molecule has 0 amide bonds. The Kier molecular flexibility index (Phi) is 8.51. The molecule has 0 aliphatic carbocycles. The van der Waals surface area contributed by atoms with Crippen LogP contribution in [-0.2, 0) is 13.1 Å². The Hall–Kier alpha value is -2.60. The van der Waals surface area contributed by atoms with E-state index < -0.39 is 0 Å². The van der Waals surface area contributed by atoms with Gasteiger partial charge in [0.05, 0.1) is 12.4 Å². The number of ether oxygens (including phenoxy) is 1. The smallest absolute Gasteiger partial charge is 0.165 e. The molecule has 0 bridgehead atoms. The van der Waals surface area contributed by atoms with Gasteiger partial charge in [-0.1, -0.05) is 38.6 Å². The number of piperidine rings is 1. The van der Waals surface area contributed by atoms with Crippen LogP contribution in [0.4, 0.5) is 8.78 Å². The van der Waals surface area contributed by atoms with Crippen molar-refractivity contribution >= 4 is 0 Å². The summed E-state index contributed by atoms with van der Waals surface area (Å²) in [5.74, 6) is 0.828. The van der Waals surface area contributed by atoms with E-state index in [0.717, 1.165) is 42.9 Å². The monoisotopic (exact) mass is 443 g/mol. The Bertz CT molecular complexity index is 877. The summed E-state index contributed by atoms with van der Waals surface area (Å²) in [5, 5.41) is 3.37. The summed E-state index contributed by atoms with van der Waals surface area (Å²) in [6.07, 6.45) is 2.07. The molecule has 32 heavy (non-hydrogen) atoms. The van der Waals surface area contributed by atoms with Crippen LogP contribution in [0.25, 0.3) is 0 Å². The second-order valence-corrected chi connectivity index (χ2v) is 9.06. The third-order valence-electron chi connectivity index (χ3n) is 5.81. The van der Waals surface area contributed by atoms with Gasteiger partial charge in [-0.2, -0.15) is 0 Å². The molecule has 1 N–H and O–H groups in total. The van der Waals surface area contributed by atoms with E-state index in [9.17, 15) is 8.78 Å². The first-order valence-corrected chi connectivity index (χ1v) is 11.4. The summed E-state index contributed by atoms with van der Waals surface area (Å²) in [5.41, 5.74) is 1.86. The molecule has 1 aliphatic rings. The molecule has 4 nitrogen and oxygen atoms in total. The molecule has 1 fully saturated rings. The van der Waals surface area contributed by atoms with Gasteiger partial charge in [-0.25, -0.2) is 8.78 Å². The van der Waals surface area contributed by atoms with Gasteiger partial charge in [-0.15, -0.1) is 0 Å². The summed E-state index contributed by atoms with van der Waals surface area (Å²) < 4.78 is 33.3. The quantitative estimate of drug-likeness (QED) is 0.549. The fourth-order valence-electron chi connectivity index (χ4n) is 3.87. The van der Waals surface area contributed by atoms with Crippen LogP contribution in [0.15, 0.2) is 54.9 Å². The van der Waals surface area contributed by atoms with E-state index in [0.29, 0.717) is 31.7 Å². The standard InChI is InChI=1S/C26H35F2N3O/c1-19(2)18-32-26-10-7-22(15-25(26)28)16-29-20(3)31(24-11-13-30(4)14-12-24)17-21-5-8-23(27)9-6-21/h5-10,15,19,24,29H,3,11-14,16-18H2,1-2,4H3. The molecule has 0 unspecified atom stereocenters. The van der Waals surface area contributed by atoms with Gasteiger partial charge in [0.2, 0.25) is 0 Å². The molecule has 0 aromatic heterocycles. The molecule has 2 aromatic rings. The Morgan fingerprint density at radius 1 is 1.12 bits per heavy atom. The predicted molar refractivity (Wildman–Crippen MR) is 125 cm³/mol. The van der Waals surface area contributed by atoms with E-state index in [1.807, 2.05) is 32.0 Å². The normalized spacial score (nSPS) is 15.1. The third kappa shape index (κ3) is 6.95. The van der Waals surface area contributed by atoms with E-state index in [1.165, 1.54) is 18.2 Å². The number of likely N-dealkylation sites (tertiary alicyclic amines) is 1. The summed E-state index contributed by atoms with van der Waals surface area (Å²) >= 11 is 0. The lowest BCUT2D eigenvalue weighted by molar-refractivity contribution is 0.138. The third-order valence-corrected chi connectivity index (χ3v) is 5.81. The minimum Gasteiger partial charge on any atom is -0.490 e. The highest BCUT2D eigenvalue weighted by molar-refractivity contribution is 5.29. The lowest BCUT2D eigenvalue weighted by atomic mass is 10.0.